The van der Waals surface area contributed by atoms with Crippen molar-refractivity contribution in [3.8, 4) is 0 Å². The normalized spacial score (nSPS) is 12.5. The number of carbonyl (C=O) groups is 2. The summed E-state index contributed by atoms with van der Waals surface area (Å²) < 4.78 is 0. The van der Waals surface area contributed by atoms with Gasteiger partial charge in [0.25, 0.3) is 0 Å². The van der Waals surface area contributed by atoms with E-state index in [1.165, 1.54) is 0 Å². The van der Waals surface area contributed by atoms with Gasteiger partial charge in [0, 0.05) is 12.0 Å². The molecule has 0 aliphatic heterocycles. The highest BCUT2D eigenvalue weighted by Crippen LogP contribution is 2.18. The van der Waals surface area contributed by atoms with Crippen LogP contribution in [0.2, 0.25) is 0 Å². The van der Waals surface area contributed by atoms with E-state index >= 15 is 0 Å². The van der Waals surface area contributed by atoms with Crippen molar-refractivity contribution >= 4 is 11.8 Å². The Morgan fingerprint density at radius 1 is 1.24 bits per heavy atom. The zero-order chi connectivity index (χ0) is 13.0. The van der Waals surface area contributed by atoms with Crippen molar-refractivity contribution in [3.63, 3.8) is 0 Å². The molecule has 1 N–H and O–H groups in total. The second kappa shape index (κ2) is 5.62. The summed E-state index contributed by atoms with van der Waals surface area (Å²) in [5, 5.41) is 8.93. The fourth-order valence-corrected chi connectivity index (χ4v) is 1.61. The predicted molar refractivity (Wildman–Crippen MR) is 66.3 cm³/mol. The lowest BCUT2D eigenvalue weighted by Crippen LogP contribution is -2.09. The van der Waals surface area contributed by atoms with Crippen LogP contribution in [-0.2, 0) is 4.79 Å². The molecule has 0 radical (unpaired) electrons. The second-order valence-corrected chi connectivity index (χ2v) is 4.71. The van der Waals surface area contributed by atoms with Crippen LogP contribution in [0, 0.1) is 5.92 Å². The zero-order valence-corrected chi connectivity index (χ0v) is 10.4. The molecule has 0 spiro atoms. The largest absolute Gasteiger partial charge is 0.481 e. The molecule has 1 unspecified atom stereocenters. The zero-order valence-electron chi connectivity index (χ0n) is 10.4. The first kappa shape index (κ1) is 13.4. The number of aliphatic carboxylic acids is 1. The van der Waals surface area contributed by atoms with E-state index in [0.717, 1.165) is 0 Å². The minimum atomic E-state index is -0.876. The minimum absolute atomic E-state index is 0.0689. The average Bonchev–Trinajstić information content (AvgIpc) is 2.27. The molecule has 0 saturated carbocycles. The maximum Gasteiger partial charge on any atom is 0.310 e. The van der Waals surface area contributed by atoms with Gasteiger partial charge in [-0.3, -0.25) is 9.59 Å². The van der Waals surface area contributed by atoms with Crippen LogP contribution in [0.15, 0.2) is 24.3 Å². The molecule has 0 saturated heterocycles. The van der Waals surface area contributed by atoms with Crippen molar-refractivity contribution in [2.24, 2.45) is 5.92 Å². The Kier molecular flexibility index (Phi) is 4.44. The number of hydrogen-bond acceptors (Lipinski definition) is 2. The molecule has 92 valence electrons. The average molecular weight is 234 g/mol. The molecule has 0 aliphatic rings. The third-order valence-corrected chi connectivity index (χ3v) is 2.67. The van der Waals surface area contributed by atoms with Gasteiger partial charge in [0.2, 0.25) is 0 Å². The van der Waals surface area contributed by atoms with E-state index < -0.39 is 11.9 Å². The van der Waals surface area contributed by atoms with Crippen molar-refractivity contribution in [2.45, 2.75) is 33.1 Å². The quantitative estimate of drug-likeness (QED) is 0.796. The van der Waals surface area contributed by atoms with E-state index in [4.69, 9.17) is 5.11 Å². The summed E-state index contributed by atoms with van der Waals surface area (Å²) in [4.78, 5) is 22.7. The van der Waals surface area contributed by atoms with Crippen LogP contribution < -0.4 is 0 Å². The molecular weight excluding hydrogens is 216 g/mol. The van der Waals surface area contributed by atoms with E-state index in [0.29, 0.717) is 23.5 Å². The molecular formula is C14H18O3. The van der Waals surface area contributed by atoms with Gasteiger partial charge in [-0.2, -0.15) is 0 Å². The summed E-state index contributed by atoms with van der Waals surface area (Å²) in [7, 11) is 0. The number of Topliss-reactive ketones (excluding diaryl/α,β-unsaturated/α-hetero) is 1. The topological polar surface area (TPSA) is 54.4 Å². The number of benzene rings is 1. The number of ketones is 1. The molecule has 0 aliphatic carbocycles. The van der Waals surface area contributed by atoms with Crippen molar-refractivity contribution < 1.29 is 14.7 Å². The van der Waals surface area contributed by atoms with Crippen LogP contribution in [0.1, 0.15) is 49.0 Å². The SMILES string of the molecule is CC(C)CC(=O)c1cccc(C(C)C(=O)O)c1. The molecule has 3 nitrogen and oxygen atoms in total. The van der Waals surface area contributed by atoms with Crippen molar-refractivity contribution in [1.29, 1.82) is 0 Å². The van der Waals surface area contributed by atoms with Crippen LogP contribution in [0.5, 0.6) is 0 Å². The van der Waals surface area contributed by atoms with E-state index in [9.17, 15) is 9.59 Å². The van der Waals surface area contributed by atoms with Gasteiger partial charge in [-0.05, 0) is 24.5 Å². The van der Waals surface area contributed by atoms with E-state index in [2.05, 4.69) is 0 Å². The van der Waals surface area contributed by atoms with E-state index in [1.807, 2.05) is 13.8 Å². The lowest BCUT2D eigenvalue weighted by Gasteiger charge is -2.09. The fraction of sp³-hybridized carbons (Fsp3) is 0.429. The van der Waals surface area contributed by atoms with Gasteiger partial charge in [-0.15, -0.1) is 0 Å². The Morgan fingerprint density at radius 2 is 1.88 bits per heavy atom. The molecule has 1 aromatic rings. The molecule has 0 bridgehead atoms. The van der Waals surface area contributed by atoms with Crippen molar-refractivity contribution in [1.82, 2.24) is 0 Å². The number of carboxylic acid groups (broad SMARTS) is 1. The van der Waals surface area contributed by atoms with Crippen molar-refractivity contribution in [3.05, 3.63) is 35.4 Å². The summed E-state index contributed by atoms with van der Waals surface area (Å²) in [6.45, 7) is 5.59. The smallest absolute Gasteiger partial charge is 0.310 e. The molecule has 0 amide bonds. The Hall–Kier alpha value is -1.64. The maximum absolute atomic E-state index is 11.9. The first-order valence-electron chi connectivity index (χ1n) is 5.77. The summed E-state index contributed by atoms with van der Waals surface area (Å²) in [5.41, 5.74) is 1.27. The third-order valence-electron chi connectivity index (χ3n) is 2.67. The van der Waals surface area contributed by atoms with Gasteiger partial charge in [0.05, 0.1) is 5.92 Å². The first-order chi connectivity index (χ1) is 7.91. The van der Waals surface area contributed by atoms with Gasteiger partial charge in [-0.1, -0.05) is 32.0 Å². The minimum Gasteiger partial charge on any atom is -0.481 e. The Morgan fingerprint density at radius 3 is 2.41 bits per heavy atom. The van der Waals surface area contributed by atoms with Crippen molar-refractivity contribution in [2.75, 3.05) is 0 Å². The van der Waals surface area contributed by atoms with Gasteiger partial charge in [-0.25, -0.2) is 0 Å². The molecule has 1 rings (SSSR count). The van der Waals surface area contributed by atoms with E-state index in [-0.39, 0.29) is 5.78 Å². The highest BCUT2D eigenvalue weighted by Gasteiger charge is 2.15. The van der Waals surface area contributed by atoms with Gasteiger partial charge >= 0.3 is 5.97 Å². The number of rotatable bonds is 5. The predicted octanol–water partition coefficient (Wildman–Crippen LogP) is 3.10. The number of hydrogen-bond donors (Lipinski definition) is 1. The highest BCUT2D eigenvalue weighted by atomic mass is 16.4. The summed E-state index contributed by atoms with van der Waals surface area (Å²) in [5.74, 6) is -1.08. The molecule has 1 atom stereocenters. The molecule has 17 heavy (non-hydrogen) atoms. The second-order valence-electron chi connectivity index (χ2n) is 4.71. The summed E-state index contributed by atoms with van der Waals surface area (Å²) in [6.07, 6.45) is 0.491. The van der Waals surface area contributed by atoms with Gasteiger partial charge < -0.3 is 5.11 Å². The molecule has 1 aromatic carbocycles. The van der Waals surface area contributed by atoms with Crippen LogP contribution >= 0.6 is 0 Å². The number of carboxylic acids is 1. The van der Waals surface area contributed by atoms with Crippen LogP contribution in [0.25, 0.3) is 0 Å². The third kappa shape index (κ3) is 3.70. The molecule has 0 fully saturated rings. The highest BCUT2D eigenvalue weighted by molar-refractivity contribution is 5.96. The fourth-order valence-electron chi connectivity index (χ4n) is 1.61. The maximum atomic E-state index is 11.9. The van der Waals surface area contributed by atoms with Gasteiger partial charge in [0.15, 0.2) is 5.78 Å². The van der Waals surface area contributed by atoms with Crippen LogP contribution in [0.4, 0.5) is 0 Å². The van der Waals surface area contributed by atoms with E-state index in [1.54, 1.807) is 31.2 Å². The van der Waals surface area contributed by atoms with Gasteiger partial charge in [0.1, 0.15) is 0 Å². The first-order valence-corrected chi connectivity index (χ1v) is 5.77. The Bertz CT molecular complexity index is 421. The van der Waals surface area contributed by atoms with Crippen LogP contribution in [0.3, 0.4) is 0 Å². The number of carbonyl (C=O) groups excluding carboxylic acids is 1. The molecule has 0 aromatic heterocycles. The molecule has 3 heteroatoms. The lowest BCUT2D eigenvalue weighted by molar-refractivity contribution is -0.138. The van der Waals surface area contributed by atoms with Crippen LogP contribution in [-0.4, -0.2) is 16.9 Å². The summed E-state index contributed by atoms with van der Waals surface area (Å²) >= 11 is 0. The lowest BCUT2D eigenvalue weighted by atomic mass is 9.95. The summed E-state index contributed by atoms with van der Waals surface area (Å²) in [6, 6.07) is 6.90. The standard InChI is InChI=1S/C14H18O3/c1-9(2)7-13(15)12-6-4-5-11(8-12)10(3)14(16)17/h4-6,8-10H,7H2,1-3H3,(H,16,17). The monoisotopic (exact) mass is 234 g/mol. The Labute approximate surface area is 101 Å². The molecule has 0 heterocycles. The Balaban J connectivity index is 2.93.